The summed E-state index contributed by atoms with van der Waals surface area (Å²) in [5.41, 5.74) is -0.283. The first kappa shape index (κ1) is 25.1. The maximum absolute atomic E-state index is 13.9. The average molecular weight is 529 g/mol. The van der Waals surface area contributed by atoms with Gasteiger partial charge in [-0.05, 0) is 69.9 Å². The van der Waals surface area contributed by atoms with Crippen molar-refractivity contribution >= 4 is 44.6 Å². The fourth-order valence-electron chi connectivity index (χ4n) is 4.84. The van der Waals surface area contributed by atoms with Gasteiger partial charge in [-0.15, -0.1) is 0 Å². The first-order valence-electron chi connectivity index (χ1n) is 11.1. The number of amides is 1. The largest absolute Gasteiger partial charge is 0.476 e. The summed E-state index contributed by atoms with van der Waals surface area (Å²) in [5, 5.41) is 3.10. The molecule has 0 saturated carbocycles. The van der Waals surface area contributed by atoms with Crippen molar-refractivity contribution < 1.29 is 22.3 Å². The van der Waals surface area contributed by atoms with E-state index in [0.29, 0.717) is 4.90 Å². The van der Waals surface area contributed by atoms with Gasteiger partial charge < -0.3 is 15.0 Å². The summed E-state index contributed by atoms with van der Waals surface area (Å²) in [6.45, 7) is 3.22. The number of ether oxygens (including phenoxy) is 1. The number of rotatable bonds is 6. The van der Waals surface area contributed by atoms with E-state index in [1.807, 2.05) is 12.1 Å². The first-order chi connectivity index (χ1) is 15.8. The van der Waals surface area contributed by atoms with Crippen molar-refractivity contribution in [2.24, 2.45) is 0 Å². The number of carbonyl (C=O) groups excluding carboxylic acids is 1. The van der Waals surface area contributed by atoms with Crippen LogP contribution in [0.15, 0.2) is 41.3 Å². The predicted molar refractivity (Wildman–Crippen MR) is 131 cm³/mol. The minimum Gasteiger partial charge on any atom is -0.476 e. The van der Waals surface area contributed by atoms with Gasteiger partial charge in [-0.1, -0.05) is 23.2 Å². The molecule has 2 aromatic carbocycles. The van der Waals surface area contributed by atoms with E-state index in [2.05, 4.69) is 10.2 Å². The van der Waals surface area contributed by atoms with Gasteiger partial charge in [-0.3, -0.25) is 4.79 Å². The lowest BCUT2D eigenvalue weighted by Gasteiger charge is -2.41. The highest BCUT2D eigenvalue weighted by Crippen LogP contribution is 2.40. The van der Waals surface area contributed by atoms with Crippen LogP contribution in [0, 0.1) is 5.82 Å². The van der Waals surface area contributed by atoms with Crippen molar-refractivity contribution in [3.63, 3.8) is 0 Å². The topological polar surface area (TPSA) is 75.7 Å². The van der Waals surface area contributed by atoms with Crippen molar-refractivity contribution in [3.05, 3.63) is 52.3 Å². The second-order valence-electron chi connectivity index (χ2n) is 9.51. The zero-order valence-electron chi connectivity index (χ0n) is 19.1. The van der Waals surface area contributed by atoms with Crippen LogP contribution in [0.25, 0.3) is 0 Å². The lowest BCUT2D eigenvalue weighted by molar-refractivity contribution is -0.135. The molecule has 2 fully saturated rings. The minimum absolute atomic E-state index is 0.0307. The van der Waals surface area contributed by atoms with E-state index in [-0.39, 0.29) is 39.8 Å². The number of anilines is 1. The number of nitrogens with zero attached hydrogens (tertiary/aromatic N) is 1. The van der Waals surface area contributed by atoms with Crippen LogP contribution in [-0.4, -0.2) is 44.3 Å². The molecule has 1 N–H and O–H groups in total. The van der Waals surface area contributed by atoms with Crippen LogP contribution >= 0.6 is 23.2 Å². The molecule has 2 atom stereocenters. The van der Waals surface area contributed by atoms with E-state index in [1.54, 1.807) is 26.0 Å². The molecule has 6 nitrogen and oxygen atoms in total. The summed E-state index contributed by atoms with van der Waals surface area (Å²) >= 11 is 11.9. The maximum atomic E-state index is 13.9. The van der Waals surface area contributed by atoms with E-state index >= 15 is 0 Å². The Morgan fingerprint density at radius 1 is 1.09 bits per heavy atom. The molecule has 34 heavy (non-hydrogen) atoms. The molecule has 2 aliphatic rings. The summed E-state index contributed by atoms with van der Waals surface area (Å²) < 4.78 is 43.1. The van der Waals surface area contributed by atoms with Gasteiger partial charge in [0.15, 0.2) is 15.4 Å². The van der Waals surface area contributed by atoms with Gasteiger partial charge in [0.05, 0.1) is 14.9 Å². The Kier molecular flexibility index (Phi) is 6.79. The van der Waals surface area contributed by atoms with Gasteiger partial charge in [0.2, 0.25) is 0 Å². The zero-order chi connectivity index (χ0) is 24.8. The molecule has 2 saturated heterocycles. The number of benzene rings is 2. The number of carbonyl (C=O) groups is 1. The third kappa shape index (κ3) is 5.14. The van der Waals surface area contributed by atoms with Crippen LogP contribution in [0.3, 0.4) is 0 Å². The Morgan fingerprint density at radius 2 is 1.68 bits per heavy atom. The Labute approximate surface area is 209 Å². The number of halogens is 3. The van der Waals surface area contributed by atoms with E-state index in [1.165, 1.54) is 12.3 Å². The number of fused-ring (bicyclic) bond motifs is 2. The lowest BCUT2D eigenvalue weighted by atomic mass is 9.95. The highest BCUT2D eigenvalue weighted by Gasteiger charge is 2.42. The number of nitrogens with one attached hydrogen (secondary N) is 1. The highest BCUT2D eigenvalue weighted by atomic mass is 35.5. The monoisotopic (exact) mass is 528 g/mol. The standard InChI is InChI=1S/C24H27Cl2FN2O4S/c1-24(2,33-22-13-21(27)19(25)12-20(22)26)23(30)28-14-10-16-4-5-17(11-14)29(16)15-6-8-18(9-7-15)34(3,31)32/h6-9,12-14,16-17H,4-5,10-11H2,1-3H3,(H,28,30). The van der Waals surface area contributed by atoms with Gasteiger partial charge in [0.1, 0.15) is 11.6 Å². The summed E-state index contributed by atoms with van der Waals surface area (Å²) in [6, 6.07) is 9.78. The molecule has 0 radical (unpaired) electrons. The van der Waals surface area contributed by atoms with Gasteiger partial charge in [0, 0.05) is 36.1 Å². The molecular weight excluding hydrogens is 502 g/mol. The van der Waals surface area contributed by atoms with Gasteiger partial charge in [-0.2, -0.15) is 0 Å². The smallest absolute Gasteiger partial charge is 0.263 e. The summed E-state index contributed by atoms with van der Waals surface area (Å²) in [7, 11) is -3.24. The van der Waals surface area contributed by atoms with E-state index < -0.39 is 21.3 Å². The van der Waals surface area contributed by atoms with E-state index in [4.69, 9.17) is 27.9 Å². The fraction of sp³-hybridized carbons (Fsp3) is 0.458. The molecule has 2 aliphatic heterocycles. The molecule has 4 rings (SSSR count). The number of hydrogen-bond acceptors (Lipinski definition) is 5. The SMILES string of the molecule is CC(C)(Oc1cc(F)c(Cl)cc1Cl)C(=O)NC1CC2CCC(C1)N2c1ccc(S(C)(=O)=O)cc1. The number of hydrogen-bond donors (Lipinski definition) is 1. The van der Waals surface area contributed by atoms with Gasteiger partial charge in [0.25, 0.3) is 5.91 Å². The molecule has 0 aliphatic carbocycles. The molecule has 2 bridgehead atoms. The van der Waals surface area contributed by atoms with Crippen LogP contribution in [0.2, 0.25) is 10.0 Å². The van der Waals surface area contributed by atoms with Gasteiger partial charge in [-0.25, -0.2) is 12.8 Å². The van der Waals surface area contributed by atoms with Crippen molar-refractivity contribution in [2.75, 3.05) is 11.2 Å². The number of piperidine rings is 1. The lowest BCUT2D eigenvalue weighted by Crippen LogP contribution is -2.55. The van der Waals surface area contributed by atoms with Crippen LogP contribution < -0.4 is 15.0 Å². The fourth-order valence-corrected chi connectivity index (χ4v) is 5.90. The minimum atomic E-state index is -3.24. The Hall–Kier alpha value is -2.03. The van der Waals surface area contributed by atoms with Crippen molar-refractivity contribution in [2.45, 2.75) is 68.2 Å². The average Bonchev–Trinajstić information content (AvgIpc) is 3.01. The molecule has 1 amide bonds. The molecular formula is C24H27Cl2FN2O4S. The molecule has 184 valence electrons. The summed E-state index contributed by atoms with van der Waals surface area (Å²) in [6.07, 6.45) is 4.74. The van der Waals surface area contributed by atoms with Crippen molar-refractivity contribution in [3.8, 4) is 5.75 Å². The number of sulfone groups is 1. The predicted octanol–water partition coefficient (Wildman–Crippen LogP) is 5.01. The second kappa shape index (κ2) is 9.21. The molecule has 10 heteroatoms. The van der Waals surface area contributed by atoms with Crippen LogP contribution in [0.4, 0.5) is 10.1 Å². The van der Waals surface area contributed by atoms with Crippen LogP contribution in [0.1, 0.15) is 39.5 Å². The third-order valence-electron chi connectivity index (χ3n) is 6.52. The van der Waals surface area contributed by atoms with Crippen LogP contribution in [-0.2, 0) is 14.6 Å². The molecule has 2 unspecified atom stereocenters. The Balaban J connectivity index is 1.42. The Bertz CT molecular complexity index is 1190. The quantitative estimate of drug-likeness (QED) is 0.533. The molecule has 2 aromatic rings. The molecule has 2 heterocycles. The van der Waals surface area contributed by atoms with Gasteiger partial charge >= 0.3 is 0 Å². The first-order valence-corrected chi connectivity index (χ1v) is 13.7. The molecule has 0 spiro atoms. The summed E-state index contributed by atoms with van der Waals surface area (Å²) in [4.78, 5) is 15.7. The molecule has 0 aromatic heterocycles. The van der Waals surface area contributed by atoms with Crippen LogP contribution in [0.5, 0.6) is 5.75 Å². The summed E-state index contributed by atoms with van der Waals surface area (Å²) in [5.74, 6) is -0.934. The second-order valence-corrected chi connectivity index (χ2v) is 12.3. The van der Waals surface area contributed by atoms with E-state index in [0.717, 1.165) is 37.4 Å². The maximum Gasteiger partial charge on any atom is 0.263 e. The normalized spacial score (nSPS) is 22.5. The Morgan fingerprint density at radius 3 is 2.24 bits per heavy atom. The van der Waals surface area contributed by atoms with Crippen molar-refractivity contribution in [1.82, 2.24) is 5.32 Å². The van der Waals surface area contributed by atoms with E-state index in [9.17, 15) is 17.6 Å². The van der Waals surface area contributed by atoms with Crippen molar-refractivity contribution in [1.29, 1.82) is 0 Å². The third-order valence-corrected chi connectivity index (χ3v) is 8.23. The highest BCUT2D eigenvalue weighted by molar-refractivity contribution is 7.90. The zero-order valence-corrected chi connectivity index (χ0v) is 21.5.